The molecule has 0 unspecified atom stereocenters. The Morgan fingerprint density at radius 1 is 1.03 bits per heavy atom. The molecular weight excluding hydrogens is 489 g/mol. The van der Waals surface area contributed by atoms with Gasteiger partial charge < -0.3 is 4.90 Å². The number of benzene rings is 1. The second-order valence-electron chi connectivity index (χ2n) is 10.6. The molecule has 6 nitrogen and oxygen atoms in total. The molecule has 3 aromatic rings. The van der Waals surface area contributed by atoms with Gasteiger partial charge in [0, 0.05) is 49.0 Å². The number of piperidine rings is 1. The van der Waals surface area contributed by atoms with Gasteiger partial charge in [-0.05, 0) is 62.6 Å². The van der Waals surface area contributed by atoms with Crippen LogP contribution in [0, 0.1) is 12.7 Å². The van der Waals surface area contributed by atoms with Crippen molar-refractivity contribution in [1.82, 2.24) is 24.6 Å². The van der Waals surface area contributed by atoms with Crippen molar-refractivity contribution in [3.05, 3.63) is 64.1 Å². The summed E-state index contributed by atoms with van der Waals surface area (Å²) in [5, 5.41) is 9.79. The van der Waals surface area contributed by atoms with Crippen molar-refractivity contribution in [3.8, 4) is 5.69 Å². The Morgan fingerprint density at radius 2 is 1.78 bits per heavy atom. The fraction of sp³-hybridized carbons (Fsp3) is 0.500. The van der Waals surface area contributed by atoms with Gasteiger partial charge in [-0.25, -0.2) is 18.2 Å². The van der Waals surface area contributed by atoms with Crippen LogP contribution in [0.15, 0.2) is 30.3 Å². The third-order valence-electron chi connectivity index (χ3n) is 7.96. The zero-order valence-corrected chi connectivity index (χ0v) is 21.1. The van der Waals surface area contributed by atoms with Crippen molar-refractivity contribution >= 4 is 17.4 Å². The first kappa shape index (κ1) is 23.7. The van der Waals surface area contributed by atoms with E-state index in [0.717, 1.165) is 54.6 Å². The van der Waals surface area contributed by atoms with E-state index >= 15 is 0 Å². The lowest BCUT2D eigenvalue weighted by Crippen LogP contribution is -2.59. The van der Waals surface area contributed by atoms with E-state index in [-0.39, 0.29) is 24.6 Å². The smallest absolute Gasteiger partial charge is 0.251 e. The predicted octanol–water partition coefficient (Wildman–Crippen LogP) is 5.65. The molecule has 36 heavy (non-hydrogen) atoms. The van der Waals surface area contributed by atoms with E-state index in [0.29, 0.717) is 23.8 Å². The lowest BCUT2D eigenvalue weighted by atomic mass is 9.73. The third kappa shape index (κ3) is 4.06. The summed E-state index contributed by atoms with van der Waals surface area (Å²) in [5.74, 6) is -0.297. The number of fused-ring (bicyclic) bond motifs is 3. The molecule has 0 atom stereocenters. The van der Waals surface area contributed by atoms with Crippen molar-refractivity contribution in [2.24, 2.45) is 0 Å². The summed E-state index contributed by atoms with van der Waals surface area (Å²) in [5.41, 5.74) is 1.75. The van der Waals surface area contributed by atoms with E-state index in [1.54, 1.807) is 13.0 Å². The van der Waals surface area contributed by atoms with Crippen LogP contribution in [0.5, 0.6) is 0 Å². The number of aryl methyl sites for hydroxylation is 1. The summed E-state index contributed by atoms with van der Waals surface area (Å²) in [6, 6.07) is 8.96. The molecular formula is C26H28ClF3N6. The Balaban J connectivity index is 1.29. The lowest BCUT2D eigenvalue weighted by molar-refractivity contribution is -0.173. The summed E-state index contributed by atoms with van der Waals surface area (Å²) in [6.45, 7) is 6.11. The molecule has 1 aromatic carbocycles. The molecule has 1 saturated carbocycles. The van der Waals surface area contributed by atoms with Gasteiger partial charge in [-0.1, -0.05) is 11.6 Å². The van der Waals surface area contributed by atoms with Crippen molar-refractivity contribution in [2.75, 3.05) is 18.0 Å². The second kappa shape index (κ2) is 8.45. The van der Waals surface area contributed by atoms with Gasteiger partial charge in [0.2, 0.25) is 0 Å². The van der Waals surface area contributed by atoms with E-state index in [2.05, 4.69) is 29.5 Å². The van der Waals surface area contributed by atoms with E-state index in [1.807, 2.05) is 25.1 Å². The fourth-order valence-corrected chi connectivity index (χ4v) is 6.23. The SMILES string of the molecule is Cc1nc(N2CCC(c3nnc4n3-c3ccc(Cl)cc3CN(C3(C)CC(F)(F)C3)C4)CC2)ccc1F. The number of rotatable bonds is 3. The van der Waals surface area contributed by atoms with Gasteiger partial charge in [-0.15, -0.1) is 10.2 Å². The van der Waals surface area contributed by atoms with Crippen LogP contribution >= 0.6 is 11.6 Å². The van der Waals surface area contributed by atoms with Gasteiger partial charge >= 0.3 is 0 Å². The average molecular weight is 517 g/mol. The van der Waals surface area contributed by atoms with Crippen LogP contribution in [0.2, 0.25) is 5.02 Å². The van der Waals surface area contributed by atoms with Crippen LogP contribution in [-0.2, 0) is 13.1 Å². The van der Waals surface area contributed by atoms with Crippen LogP contribution in [0.3, 0.4) is 0 Å². The van der Waals surface area contributed by atoms with Crippen molar-refractivity contribution in [1.29, 1.82) is 0 Å². The number of aromatic nitrogens is 4. The fourth-order valence-electron chi connectivity index (χ4n) is 6.03. The number of pyridine rings is 1. The van der Waals surface area contributed by atoms with Gasteiger partial charge in [0.25, 0.3) is 5.92 Å². The molecule has 190 valence electrons. The zero-order chi connectivity index (χ0) is 25.2. The molecule has 2 aromatic heterocycles. The average Bonchev–Trinajstić information content (AvgIpc) is 3.15. The molecule has 6 rings (SSSR count). The van der Waals surface area contributed by atoms with Gasteiger partial charge in [0.1, 0.15) is 17.5 Å². The molecule has 1 saturated heterocycles. The van der Waals surface area contributed by atoms with Gasteiger partial charge in [0.05, 0.1) is 17.9 Å². The largest absolute Gasteiger partial charge is 0.357 e. The standard InChI is InChI=1S/C26H28ClF3N6/c1-16-20(28)4-6-22(31-16)34-9-7-17(8-10-34)24-33-32-23-13-35(25(2)14-26(29,30)15-25)12-18-11-19(27)3-5-21(18)36(23)24/h3-6,11,17H,7-10,12-15H2,1-2H3. The second-order valence-corrected chi connectivity index (χ2v) is 11.1. The summed E-state index contributed by atoms with van der Waals surface area (Å²) in [6.07, 6.45) is 1.39. The molecule has 0 amide bonds. The highest BCUT2D eigenvalue weighted by Crippen LogP contribution is 2.50. The molecule has 2 aliphatic heterocycles. The monoisotopic (exact) mass is 516 g/mol. The van der Waals surface area contributed by atoms with Crippen LogP contribution in [0.1, 0.15) is 61.4 Å². The molecule has 2 fully saturated rings. The van der Waals surface area contributed by atoms with Crippen molar-refractivity contribution in [3.63, 3.8) is 0 Å². The highest BCUT2D eigenvalue weighted by atomic mass is 35.5. The molecule has 10 heteroatoms. The zero-order valence-electron chi connectivity index (χ0n) is 20.3. The van der Waals surface area contributed by atoms with Gasteiger partial charge in [-0.3, -0.25) is 9.47 Å². The summed E-state index contributed by atoms with van der Waals surface area (Å²) in [7, 11) is 0. The highest BCUT2D eigenvalue weighted by Gasteiger charge is 2.57. The maximum atomic E-state index is 13.9. The number of hydrogen-bond acceptors (Lipinski definition) is 5. The number of alkyl halides is 2. The molecule has 3 aliphatic rings. The third-order valence-corrected chi connectivity index (χ3v) is 8.20. The summed E-state index contributed by atoms with van der Waals surface area (Å²) < 4.78 is 43.6. The quantitative estimate of drug-likeness (QED) is 0.450. The molecule has 1 aliphatic carbocycles. The predicted molar refractivity (Wildman–Crippen MR) is 131 cm³/mol. The molecule has 0 radical (unpaired) electrons. The van der Waals surface area contributed by atoms with Crippen LogP contribution in [0.25, 0.3) is 5.69 Å². The lowest BCUT2D eigenvalue weighted by Gasteiger charge is -2.51. The van der Waals surface area contributed by atoms with E-state index in [1.165, 1.54) is 6.07 Å². The Labute approximate surface area is 213 Å². The van der Waals surface area contributed by atoms with Crippen molar-refractivity contribution < 1.29 is 13.2 Å². The van der Waals surface area contributed by atoms with E-state index in [4.69, 9.17) is 11.6 Å². The first-order valence-corrected chi connectivity index (χ1v) is 12.7. The Morgan fingerprint density at radius 3 is 2.47 bits per heavy atom. The molecule has 4 heterocycles. The maximum absolute atomic E-state index is 13.9. The number of nitrogens with zero attached hydrogens (tertiary/aromatic N) is 6. The minimum Gasteiger partial charge on any atom is -0.357 e. The van der Waals surface area contributed by atoms with Gasteiger partial charge in [-0.2, -0.15) is 0 Å². The summed E-state index contributed by atoms with van der Waals surface area (Å²) in [4.78, 5) is 8.68. The molecule has 0 bridgehead atoms. The van der Waals surface area contributed by atoms with Gasteiger partial charge in [0.15, 0.2) is 5.82 Å². The number of anilines is 1. The number of halogens is 4. The minimum absolute atomic E-state index is 0.160. The van der Waals surface area contributed by atoms with E-state index in [9.17, 15) is 13.2 Å². The molecule has 0 spiro atoms. The number of hydrogen-bond donors (Lipinski definition) is 0. The van der Waals surface area contributed by atoms with E-state index < -0.39 is 11.5 Å². The summed E-state index contributed by atoms with van der Waals surface area (Å²) >= 11 is 6.36. The van der Waals surface area contributed by atoms with Crippen LogP contribution in [-0.4, -0.2) is 49.2 Å². The first-order valence-electron chi connectivity index (χ1n) is 12.4. The van der Waals surface area contributed by atoms with Crippen LogP contribution < -0.4 is 4.90 Å². The topological polar surface area (TPSA) is 50.1 Å². The normalized spacial score (nSPS) is 21.4. The Kier molecular flexibility index (Phi) is 5.57. The van der Waals surface area contributed by atoms with Crippen LogP contribution in [0.4, 0.5) is 19.0 Å². The first-order chi connectivity index (χ1) is 17.1. The Hall–Kier alpha value is -2.65. The Bertz CT molecular complexity index is 1310. The highest BCUT2D eigenvalue weighted by molar-refractivity contribution is 6.30. The minimum atomic E-state index is -2.62. The maximum Gasteiger partial charge on any atom is 0.251 e. The van der Waals surface area contributed by atoms with Crippen molar-refractivity contribution in [2.45, 2.75) is 70.0 Å². The molecule has 0 N–H and O–H groups in total.